The number of nitrogens with zero attached hydrogens (tertiary/aromatic N) is 6. The Balaban J connectivity index is 1.12. The van der Waals surface area contributed by atoms with Gasteiger partial charge in [-0.2, -0.15) is 0 Å². The summed E-state index contributed by atoms with van der Waals surface area (Å²) in [6.07, 6.45) is 6.89. The molecule has 4 heterocycles. The average molecular weight is 623 g/mol. The van der Waals surface area contributed by atoms with Gasteiger partial charge in [-0.1, -0.05) is 29.8 Å². The predicted octanol–water partition coefficient (Wildman–Crippen LogP) is 4.35. The molecule has 6 rings (SSSR count). The first-order valence-corrected chi connectivity index (χ1v) is 18.1. The molecule has 1 aliphatic carbocycles. The molecule has 4 fully saturated rings. The maximum atomic E-state index is 13.4. The first kappa shape index (κ1) is 31.6. The fourth-order valence-corrected chi connectivity index (χ4v) is 9.93. The van der Waals surface area contributed by atoms with Gasteiger partial charge >= 0.3 is 0 Å². The Morgan fingerprint density at radius 3 is 2.18 bits per heavy atom. The summed E-state index contributed by atoms with van der Waals surface area (Å²) in [4.78, 5) is 29.3. The lowest BCUT2D eigenvalue weighted by molar-refractivity contribution is -0.0421. The van der Waals surface area contributed by atoms with E-state index in [-0.39, 0.29) is 22.7 Å². The molecule has 1 saturated carbocycles. The van der Waals surface area contributed by atoms with Gasteiger partial charge in [0.1, 0.15) is 6.33 Å². The number of benzene rings is 1. The second kappa shape index (κ2) is 12.4. The third-order valence-corrected chi connectivity index (χ3v) is 13.4. The van der Waals surface area contributed by atoms with Gasteiger partial charge in [-0.15, -0.1) is 0 Å². The van der Waals surface area contributed by atoms with E-state index in [4.69, 9.17) is 0 Å². The third-order valence-electron chi connectivity index (χ3n) is 11.0. The number of piperazine rings is 1. The van der Waals surface area contributed by atoms with Gasteiger partial charge in [-0.25, -0.2) is 22.7 Å². The molecule has 10 heteroatoms. The highest BCUT2D eigenvalue weighted by Crippen LogP contribution is 2.41. The molecular formula is C34H50N6O3S. The maximum Gasteiger partial charge on any atom is 0.257 e. The number of hydrogen-bond acceptors (Lipinski definition) is 7. The topological polar surface area (TPSA) is 90.0 Å². The van der Waals surface area contributed by atoms with Crippen LogP contribution in [-0.2, 0) is 10.0 Å². The standard InChI is InChI=1S/C34H50N6O3S/c1-24-7-6-8-29(21-24)32(28-11-15-39(16-12-28)44(42,43)30-9-10-30)40-20-19-38(22-25(40)2)34(5)13-17-37(18-14-34)33(41)31-26(3)35-23-36-27(31)4/h6-8,21,23,25,28,30,32H,9-20,22H2,1-5H3/t25-,32?/m0/s1. The summed E-state index contributed by atoms with van der Waals surface area (Å²) in [5.41, 5.74) is 4.83. The average Bonchev–Trinajstić information content (AvgIpc) is 3.85. The summed E-state index contributed by atoms with van der Waals surface area (Å²) in [6.45, 7) is 16.4. The number of piperidine rings is 2. The van der Waals surface area contributed by atoms with Gasteiger partial charge in [-0.05, 0) is 84.6 Å². The van der Waals surface area contributed by atoms with E-state index in [1.165, 1.54) is 17.5 Å². The zero-order valence-electron chi connectivity index (χ0n) is 27.2. The molecule has 3 aliphatic heterocycles. The third kappa shape index (κ3) is 6.19. The number of carbonyl (C=O) groups is 1. The predicted molar refractivity (Wildman–Crippen MR) is 173 cm³/mol. The van der Waals surface area contributed by atoms with Crippen molar-refractivity contribution in [3.63, 3.8) is 0 Å². The van der Waals surface area contributed by atoms with Crippen molar-refractivity contribution >= 4 is 15.9 Å². The molecule has 4 aliphatic rings. The van der Waals surface area contributed by atoms with Crippen LogP contribution in [0.2, 0.25) is 0 Å². The highest BCUT2D eigenvalue weighted by molar-refractivity contribution is 7.90. The second-order valence-corrected chi connectivity index (χ2v) is 16.3. The Morgan fingerprint density at radius 1 is 0.932 bits per heavy atom. The van der Waals surface area contributed by atoms with Crippen molar-refractivity contribution in [3.05, 3.63) is 58.7 Å². The van der Waals surface area contributed by atoms with Gasteiger partial charge in [0.2, 0.25) is 10.0 Å². The maximum absolute atomic E-state index is 13.4. The molecule has 0 N–H and O–H groups in total. The van der Waals surface area contributed by atoms with E-state index in [0.29, 0.717) is 30.6 Å². The van der Waals surface area contributed by atoms with Crippen LogP contribution < -0.4 is 0 Å². The van der Waals surface area contributed by atoms with Crippen LogP contribution in [0.15, 0.2) is 30.6 Å². The normalized spacial score (nSPS) is 25.2. The molecule has 0 radical (unpaired) electrons. The van der Waals surface area contributed by atoms with E-state index in [9.17, 15) is 13.2 Å². The van der Waals surface area contributed by atoms with Crippen molar-refractivity contribution in [3.8, 4) is 0 Å². The molecule has 1 unspecified atom stereocenters. The summed E-state index contributed by atoms with van der Waals surface area (Å²) >= 11 is 0. The zero-order valence-corrected chi connectivity index (χ0v) is 28.0. The minimum atomic E-state index is -3.12. The SMILES string of the molecule is Cc1cccc(C(C2CCN(S(=O)(=O)C3CC3)CC2)N2CCN(C3(C)CCN(C(=O)c4c(C)ncnc4C)CC3)C[C@@H]2C)c1. The Hall–Kier alpha value is -2.40. The van der Waals surface area contributed by atoms with Crippen LogP contribution >= 0.6 is 0 Å². The Labute approximate surface area is 264 Å². The number of amides is 1. The highest BCUT2D eigenvalue weighted by atomic mass is 32.2. The van der Waals surface area contributed by atoms with Gasteiger partial charge in [0, 0.05) is 63.4 Å². The highest BCUT2D eigenvalue weighted by Gasteiger charge is 2.45. The number of rotatable bonds is 7. The molecule has 1 aromatic heterocycles. The minimum Gasteiger partial charge on any atom is -0.338 e. The van der Waals surface area contributed by atoms with Crippen LogP contribution in [0.4, 0.5) is 0 Å². The summed E-state index contributed by atoms with van der Waals surface area (Å²) in [5, 5.41) is -0.133. The lowest BCUT2D eigenvalue weighted by Crippen LogP contribution is -2.63. The number of hydrogen-bond donors (Lipinski definition) is 0. The molecule has 1 amide bonds. The van der Waals surface area contributed by atoms with Gasteiger partial charge in [0.25, 0.3) is 5.91 Å². The molecule has 0 bridgehead atoms. The van der Waals surface area contributed by atoms with Crippen molar-refractivity contribution in [1.82, 2.24) is 29.0 Å². The van der Waals surface area contributed by atoms with E-state index in [2.05, 4.69) is 64.8 Å². The summed E-state index contributed by atoms with van der Waals surface area (Å²) < 4.78 is 27.7. The Kier molecular flexibility index (Phi) is 8.91. The molecule has 2 atom stereocenters. The zero-order chi connectivity index (χ0) is 31.2. The lowest BCUT2D eigenvalue weighted by atomic mass is 9.82. The molecule has 3 saturated heterocycles. The van der Waals surface area contributed by atoms with E-state index < -0.39 is 10.0 Å². The van der Waals surface area contributed by atoms with Crippen LogP contribution in [0, 0.1) is 26.7 Å². The van der Waals surface area contributed by atoms with E-state index in [1.54, 1.807) is 4.31 Å². The summed E-state index contributed by atoms with van der Waals surface area (Å²) in [7, 11) is -3.12. The molecule has 0 spiro atoms. The molecule has 2 aromatic rings. The number of carbonyl (C=O) groups excluding carboxylic acids is 1. The van der Waals surface area contributed by atoms with Gasteiger partial charge in [-0.3, -0.25) is 14.6 Å². The number of aromatic nitrogens is 2. The van der Waals surface area contributed by atoms with E-state index in [1.807, 2.05) is 18.7 Å². The van der Waals surface area contributed by atoms with Crippen molar-refractivity contribution in [1.29, 1.82) is 0 Å². The van der Waals surface area contributed by atoms with Crippen LogP contribution in [0.1, 0.15) is 91.3 Å². The van der Waals surface area contributed by atoms with Crippen molar-refractivity contribution in [2.45, 2.75) is 96.0 Å². The van der Waals surface area contributed by atoms with Crippen LogP contribution in [0.5, 0.6) is 0 Å². The van der Waals surface area contributed by atoms with Gasteiger partial charge in [0.05, 0.1) is 22.2 Å². The number of likely N-dealkylation sites (tertiary alicyclic amines) is 1. The minimum absolute atomic E-state index is 0.0513. The molecule has 240 valence electrons. The van der Waals surface area contributed by atoms with Crippen LogP contribution in [0.25, 0.3) is 0 Å². The van der Waals surface area contributed by atoms with E-state index >= 15 is 0 Å². The van der Waals surface area contributed by atoms with Crippen molar-refractivity contribution in [2.24, 2.45) is 5.92 Å². The Bertz CT molecular complexity index is 1440. The largest absolute Gasteiger partial charge is 0.338 e. The summed E-state index contributed by atoms with van der Waals surface area (Å²) in [6, 6.07) is 9.60. The Morgan fingerprint density at radius 2 is 1.59 bits per heavy atom. The molecule has 9 nitrogen and oxygen atoms in total. The van der Waals surface area contributed by atoms with Crippen molar-refractivity contribution in [2.75, 3.05) is 45.8 Å². The first-order chi connectivity index (χ1) is 21.0. The monoisotopic (exact) mass is 622 g/mol. The fraction of sp³-hybridized carbons (Fsp3) is 0.676. The number of sulfonamides is 1. The van der Waals surface area contributed by atoms with Gasteiger partial charge in [0.15, 0.2) is 0 Å². The number of aryl methyl sites for hydroxylation is 3. The fourth-order valence-electron chi connectivity index (χ4n) is 8.05. The quantitative estimate of drug-likeness (QED) is 0.454. The van der Waals surface area contributed by atoms with Crippen LogP contribution in [0.3, 0.4) is 0 Å². The van der Waals surface area contributed by atoms with Crippen molar-refractivity contribution < 1.29 is 13.2 Å². The smallest absolute Gasteiger partial charge is 0.257 e. The second-order valence-electron chi connectivity index (χ2n) is 14.1. The molecular weight excluding hydrogens is 572 g/mol. The van der Waals surface area contributed by atoms with E-state index in [0.717, 1.165) is 82.6 Å². The van der Waals surface area contributed by atoms with Crippen LogP contribution in [-0.4, -0.2) is 106 Å². The first-order valence-electron chi connectivity index (χ1n) is 16.6. The van der Waals surface area contributed by atoms with Gasteiger partial charge < -0.3 is 4.90 Å². The molecule has 1 aromatic carbocycles. The lowest BCUT2D eigenvalue weighted by Gasteiger charge is -2.54. The summed E-state index contributed by atoms with van der Waals surface area (Å²) in [5.74, 6) is 0.480. The molecule has 44 heavy (non-hydrogen) atoms.